The zero-order chi connectivity index (χ0) is 19.9. The summed E-state index contributed by atoms with van der Waals surface area (Å²) in [5.74, 6) is 2.24. The highest BCUT2D eigenvalue weighted by Crippen LogP contribution is 2.28. The number of aryl methyl sites for hydroxylation is 1. The first kappa shape index (κ1) is 20.0. The standard InChI is InChI=1S/C20H24N4O3S/c1-4-13(5-2)19-23-24-20(28-19)22-17(25)10-11-18-21-12-16(27-18)14-6-8-15(26-3)9-7-14/h6-9,12-13H,4-5,10-11H2,1-3H3,(H,22,24,25). The second kappa shape index (κ2) is 9.45. The van der Waals surface area contributed by atoms with E-state index in [4.69, 9.17) is 9.15 Å². The van der Waals surface area contributed by atoms with Crippen molar-refractivity contribution in [2.24, 2.45) is 0 Å². The number of benzene rings is 1. The van der Waals surface area contributed by atoms with Gasteiger partial charge in [-0.3, -0.25) is 4.79 Å². The van der Waals surface area contributed by atoms with Gasteiger partial charge in [0.15, 0.2) is 11.7 Å². The van der Waals surface area contributed by atoms with Gasteiger partial charge in [0.25, 0.3) is 0 Å². The lowest BCUT2D eigenvalue weighted by molar-refractivity contribution is -0.116. The minimum atomic E-state index is -0.128. The molecule has 0 unspecified atom stereocenters. The minimum absolute atomic E-state index is 0.128. The van der Waals surface area contributed by atoms with Crippen LogP contribution in [0.5, 0.6) is 5.75 Å². The zero-order valence-corrected chi connectivity index (χ0v) is 17.1. The van der Waals surface area contributed by atoms with Crippen LogP contribution in [-0.2, 0) is 11.2 Å². The summed E-state index contributed by atoms with van der Waals surface area (Å²) < 4.78 is 10.9. The Morgan fingerprint density at radius 1 is 1.21 bits per heavy atom. The lowest BCUT2D eigenvalue weighted by atomic mass is 10.1. The normalized spacial score (nSPS) is 11.0. The van der Waals surface area contributed by atoms with Gasteiger partial charge >= 0.3 is 0 Å². The van der Waals surface area contributed by atoms with E-state index in [1.165, 1.54) is 11.3 Å². The smallest absolute Gasteiger partial charge is 0.226 e. The number of nitrogens with one attached hydrogen (secondary N) is 1. The molecule has 28 heavy (non-hydrogen) atoms. The fraction of sp³-hybridized carbons (Fsp3) is 0.400. The Morgan fingerprint density at radius 2 is 1.96 bits per heavy atom. The summed E-state index contributed by atoms with van der Waals surface area (Å²) in [4.78, 5) is 16.5. The van der Waals surface area contributed by atoms with E-state index in [0.29, 0.717) is 29.1 Å². The van der Waals surface area contributed by atoms with Crippen LogP contribution in [0.25, 0.3) is 11.3 Å². The van der Waals surface area contributed by atoms with Gasteiger partial charge in [-0.1, -0.05) is 25.2 Å². The number of carbonyl (C=O) groups is 1. The quantitative estimate of drug-likeness (QED) is 0.561. The fourth-order valence-corrected chi connectivity index (χ4v) is 3.83. The first-order valence-corrected chi connectivity index (χ1v) is 10.2. The Morgan fingerprint density at radius 3 is 2.64 bits per heavy atom. The zero-order valence-electron chi connectivity index (χ0n) is 16.3. The molecule has 0 aliphatic heterocycles. The van der Waals surface area contributed by atoms with Gasteiger partial charge in [0, 0.05) is 24.3 Å². The lowest BCUT2D eigenvalue weighted by Crippen LogP contribution is -2.12. The van der Waals surface area contributed by atoms with Crippen molar-refractivity contribution in [3.8, 4) is 17.1 Å². The highest BCUT2D eigenvalue weighted by Gasteiger charge is 2.15. The predicted molar refractivity (Wildman–Crippen MR) is 109 cm³/mol. The Bertz CT molecular complexity index is 900. The molecule has 0 saturated carbocycles. The molecule has 148 valence electrons. The molecule has 1 amide bonds. The first-order chi connectivity index (χ1) is 13.6. The maximum absolute atomic E-state index is 12.2. The van der Waals surface area contributed by atoms with Crippen molar-refractivity contribution in [2.75, 3.05) is 12.4 Å². The molecule has 0 saturated heterocycles. The molecule has 0 fully saturated rings. The highest BCUT2D eigenvalue weighted by molar-refractivity contribution is 7.15. The number of nitrogens with zero attached hydrogens (tertiary/aromatic N) is 3. The van der Waals surface area contributed by atoms with E-state index >= 15 is 0 Å². The van der Waals surface area contributed by atoms with Crippen LogP contribution in [0.4, 0.5) is 5.13 Å². The Balaban J connectivity index is 1.53. The van der Waals surface area contributed by atoms with Gasteiger partial charge in [-0.05, 0) is 37.1 Å². The third kappa shape index (κ3) is 4.95. The molecule has 1 N–H and O–H groups in total. The molecule has 0 radical (unpaired) electrons. The second-order valence-corrected chi connectivity index (χ2v) is 7.36. The summed E-state index contributed by atoms with van der Waals surface area (Å²) >= 11 is 1.44. The van der Waals surface area contributed by atoms with E-state index < -0.39 is 0 Å². The van der Waals surface area contributed by atoms with E-state index in [-0.39, 0.29) is 12.3 Å². The van der Waals surface area contributed by atoms with Crippen LogP contribution in [0.15, 0.2) is 34.9 Å². The predicted octanol–water partition coefficient (Wildman–Crippen LogP) is 4.68. The van der Waals surface area contributed by atoms with Crippen LogP contribution in [0.1, 0.15) is 49.9 Å². The topological polar surface area (TPSA) is 90.1 Å². The number of methoxy groups -OCH3 is 1. The summed E-state index contributed by atoms with van der Waals surface area (Å²) in [6.07, 6.45) is 4.38. The van der Waals surface area contributed by atoms with Crippen molar-refractivity contribution in [1.82, 2.24) is 15.2 Å². The number of ether oxygens (including phenoxy) is 1. The van der Waals surface area contributed by atoms with E-state index in [1.807, 2.05) is 24.3 Å². The molecular formula is C20H24N4O3S. The summed E-state index contributed by atoms with van der Waals surface area (Å²) in [6.45, 7) is 4.26. The van der Waals surface area contributed by atoms with Gasteiger partial charge in [-0.2, -0.15) is 0 Å². The average Bonchev–Trinajstić information content (AvgIpc) is 3.37. The molecule has 3 aromatic rings. The first-order valence-electron chi connectivity index (χ1n) is 9.35. The molecule has 0 aliphatic rings. The number of hydrogen-bond acceptors (Lipinski definition) is 7. The van der Waals surface area contributed by atoms with E-state index in [0.717, 1.165) is 29.2 Å². The maximum atomic E-state index is 12.2. The summed E-state index contributed by atoms with van der Waals surface area (Å²) in [6, 6.07) is 7.54. The fourth-order valence-electron chi connectivity index (χ4n) is 2.80. The van der Waals surface area contributed by atoms with Crippen LogP contribution in [-0.4, -0.2) is 28.2 Å². The summed E-state index contributed by atoms with van der Waals surface area (Å²) in [5.41, 5.74) is 0.909. The number of rotatable bonds is 9. The largest absolute Gasteiger partial charge is 0.497 e. The van der Waals surface area contributed by atoms with Crippen molar-refractivity contribution in [3.05, 3.63) is 41.4 Å². The third-order valence-corrected chi connectivity index (χ3v) is 5.52. The van der Waals surface area contributed by atoms with E-state index in [1.54, 1.807) is 13.3 Å². The molecular weight excluding hydrogens is 376 g/mol. The number of hydrogen-bond donors (Lipinski definition) is 1. The van der Waals surface area contributed by atoms with Crippen molar-refractivity contribution in [1.29, 1.82) is 0 Å². The van der Waals surface area contributed by atoms with Crippen LogP contribution in [0.3, 0.4) is 0 Å². The molecule has 0 atom stereocenters. The second-order valence-electron chi connectivity index (χ2n) is 6.35. The molecule has 2 heterocycles. The number of oxazole rings is 1. The maximum Gasteiger partial charge on any atom is 0.226 e. The van der Waals surface area contributed by atoms with Gasteiger partial charge in [0.1, 0.15) is 10.8 Å². The summed E-state index contributed by atoms with van der Waals surface area (Å²) in [7, 11) is 1.63. The SMILES string of the molecule is CCC(CC)c1nnc(NC(=O)CCc2ncc(-c3ccc(OC)cc3)o2)s1. The molecule has 0 aliphatic carbocycles. The molecule has 0 bridgehead atoms. The monoisotopic (exact) mass is 400 g/mol. The molecule has 1 aromatic carbocycles. The van der Waals surface area contributed by atoms with Gasteiger partial charge in [-0.25, -0.2) is 4.98 Å². The third-order valence-electron chi connectivity index (χ3n) is 4.52. The van der Waals surface area contributed by atoms with Gasteiger partial charge in [-0.15, -0.1) is 10.2 Å². The lowest BCUT2D eigenvalue weighted by Gasteiger charge is -2.05. The molecule has 2 aromatic heterocycles. The minimum Gasteiger partial charge on any atom is -0.497 e. The van der Waals surface area contributed by atoms with Crippen molar-refractivity contribution < 1.29 is 13.9 Å². The van der Waals surface area contributed by atoms with Crippen molar-refractivity contribution in [2.45, 2.75) is 45.4 Å². The van der Waals surface area contributed by atoms with E-state index in [9.17, 15) is 4.79 Å². The van der Waals surface area contributed by atoms with Crippen LogP contribution in [0, 0.1) is 0 Å². The molecule has 7 nitrogen and oxygen atoms in total. The van der Waals surface area contributed by atoms with Gasteiger partial charge in [0.05, 0.1) is 13.3 Å². The summed E-state index contributed by atoms with van der Waals surface area (Å²) in [5, 5.41) is 12.6. The Hall–Kier alpha value is -2.74. The number of carbonyl (C=O) groups excluding carboxylic acids is 1. The number of amides is 1. The molecule has 8 heteroatoms. The Kier molecular flexibility index (Phi) is 6.76. The van der Waals surface area contributed by atoms with Crippen molar-refractivity contribution in [3.63, 3.8) is 0 Å². The van der Waals surface area contributed by atoms with Crippen LogP contribution >= 0.6 is 11.3 Å². The molecule has 0 spiro atoms. The molecule has 3 rings (SSSR count). The van der Waals surface area contributed by atoms with Crippen molar-refractivity contribution >= 4 is 22.4 Å². The van der Waals surface area contributed by atoms with Gasteiger partial charge in [0.2, 0.25) is 11.0 Å². The Labute approximate surface area is 168 Å². The van der Waals surface area contributed by atoms with Crippen LogP contribution < -0.4 is 10.1 Å². The van der Waals surface area contributed by atoms with Gasteiger partial charge < -0.3 is 14.5 Å². The average molecular weight is 401 g/mol. The van der Waals surface area contributed by atoms with Crippen LogP contribution in [0.2, 0.25) is 0 Å². The number of anilines is 1. The van der Waals surface area contributed by atoms with E-state index in [2.05, 4.69) is 34.3 Å². The number of aromatic nitrogens is 3. The highest BCUT2D eigenvalue weighted by atomic mass is 32.1.